The van der Waals surface area contributed by atoms with Gasteiger partial charge in [-0.25, -0.2) is 4.79 Å². The standard InChI is InChI=1S/C39H54N8O10/c1-22(2)16-29(44-37(54)31(19-33(49)50)46-38(55)32(21-48)47-34(51)26(41)17-23-10-4-3-5-11-23)35(52)45-30(18-24-20-42-27-13-7-6-12-25(24)27)36(53)43-28(39(56)57)14-8-9-15-40/h3-7,10-13,20,22,26,28-32,42,48H,8-9,14-19,21,40-41H2,1-2H3,(H,43,53)(H,44,54)(H,45,52)(H,46,55)(H,47,51)(H,49,50)(H,56,57)/t26-,28-,29-,30-,31-,32-/m0/s1. The second kappa shape index (κ2) is 22.6. The molecule has 310 valence electrons. The fourth-order valence-corrected chi connectivity index (χ4v) is 6.09. The monoisotopic (exact) mass is 794 g/mol. The van der Waals surface area contributed by atoms with E-state index in [1.165, 1.54) is 0 Å². The zero-order valence-corrected chi connectivity index (χ0v) is 32.0. The molecule has 13 N–H and O–H groups in total. The van der Waals surface area contributed by atoms with E-state index in [1.807, 2.05) is 18.2 Å². The van der Waals surface area contributed by atoms with E-state index in [9.17, 15) is 48.9 Å². The van der Waals surface area contributed by atoms with Crippen LogP contribution in [0.4, 0.5) is 0 Å². The second-order valence-electron chi connectivity index (χ2n) is 14.2. The highest BCUT2D eigenvalue weighted by Gasteiger charge is 2.34. The summed E-state index contributed by atoms with van der Waals surface area (Å²) in [6.07, 6.45) is 1.85. The molecule has 0 aliphatic carbocycles. The molecule has 0 aliphatic heterocycles. The predicted molar refractivity (Wildman–Crippen MR) is 209 cm³/mol. The van der Waals surface area contributed by atoms with Crippen molar-refractivity contribution in [3.63, 3.8) is 0 Å². The number of rotatable bonds is 24. The van der Waals surface area contributed by atoms with Crippen LogP contribution in [0.5, 0.6) is 0 Å². The lowest BCUT2D eigenvalue weighted by Crippen LogP contribution is -2.60. The lowest BCUT2D eigenvalue weighted by molar-refractivity contribution is -0.142. The maximum Gasteiger partial charge on any atom is 0.326 e. The van der Waals surface area contributed by atoms with Crippen LogP contribution in [0, 0.1) is 5.92 Å². The number of hydrogen-bond donors (Lipinski definition) is 11. The number of carboxylic acid groups (broad SMARTS) is 2. The minimum atomic E-state index is -1.77. The number of aliphatic carboxylic acids is 2. The normalized spacial score (nSPS) is 14.4. The van der Waals surface area contributed by atoms with Gasteiger partial charge < -0.3 is 58.4 Å². The molecule has 3 rings (SSSR count). The van der Waals surface area contributed by atoms with Crippen molar-refractivity contribution in [2.75, 3.05) is 13.2 Å². The summed E-state index contributed by atoms with van der Waals surface area (Å²) in [4.78, 5) is 94.2. The molecule has 57 heavy (non-hydrogen) atoms. The van der Waals surface area contributed by atoms with Crippen molar-refractivity contribution in [3.8, 4) is 0 Å². The molecule has 0 aliphatic rings. The van der Waals surface area contributed by atoms with Gasteiger partial charge in [0, 0.05) is 23.5 Å². The number of carbonyl (C=O) groups is 7. The average molecular weight is 795 g/mol. The molecule has 1 aromatic heterocycles. The van der Waals surface area contributed by atoms with Gasteiger partial charge >= 0.3 is 11.9 Å². The molecular formula is C39H54N8O10. The Balaban J connectivity index is 1.81. The number of aliphatic hydroxyl groups excluding tert-OH is 1. The molecule has 5 amide bonds. The van der Waals surface area contributed by atoms with Crippen molar-refractivity contribution in [3.05, 3.63) is 71.9 Å². The van der Waals surface area contributed by atoms with Crippen LogP contribution in [0.1, 0.15) is 57.1 Å². The van der Waals surface area contributed by atoms with Gasteiger partial charge in [-0.2, -0.15) is 0 Å². The third kappa shape index (κ3) is 14.6. The van der Waals surface area contributed by atoms with Gasteiger partial charge in [-0.3, -0.25) is 28.8 Å². The van der Waals surface area contributed by atoms with Gasteiger partial charge in [-0.1, -0.05) is 62.4 Å². The largest absolute Gasteiger partial charge is 0.481 e. The Bertz CT molecular complexity index is 1840. The lowest BCUT2D eigenvalue weighted by atomic mass is 10.00. The SMILES string of the molecule is CC(C)C[C@H](NC(=O)[C@H](CC(=O)O)NC(=O)[C@H](CO)NC(=O)[C@@H](N)Cc1ccccc1)C(=O)N[C@@H](Cc1c[nH]c2ccccc12)C(=O)N[C@@H](CCCCN)C(=O)O. The number of aromatic amines is 1. The number of amides is 5. The van der Waals surface area contributed by atoms with Gasteiger partial charge in [0.25, 0.3) is 0 Å². The topological polar surface area (TPSA) is 308 Å². The molecule has 3 aromatic rings. The summed E-state index contributed by atoms with van der Waals surface area (Å²) in [5.74, 6) is -7.53. The molecule has 0 bridgehead atoms. The number of aromatic nitrogens is 1. The first kappa shape index (κ1) is 45.5. The average Bonchev–Trinajstić information content (AvgIpc) is 3.57. The zero-order valence-electron chi connectivity index (χ0n) is 32.0. The Labute approximate surface area is 329 Å². The molecular weight excluding hydrogens is 740 g/mol. The zero-order chi connectivity index (χ0) is 42.1. The van der Waals surface area contributed by atoms with Crippen molar-refractivity contribution in [1.82, 2.24) is 31.6 Å². The van der Waals surface area contributed by atoms with E-state index in [-0.39, 0.29) is 31.6 Å². The van der Waals surface area contributed by atoms with Crippen LogP contribution >= 0.6 is 0 Å². The number of aliphatic hydroxyl groups is 1. The number of carbonyl (C=O) groups excluding carboxylic acids is 5. The quantitative estimate of drug-likeness (QED) is 0.0509. The van der Waals surface area contributed by atoms with Gasteiger partial charge in [-0.05, 0) is 61.8 Å². The number of nitrogens with two attached hydrogens (primary N) is 2. The number of benzene rings is 2. The first-order valence-corrected chi connectivity index (χ1v) is 18.7. The Kier molecular flexibility index (Phi) is 18.1. The number of unbranched alkanes of at least 4 members (excludes halogenated alkanes) is 1. The fraction of sp³-hybridized carbons (Fsp3) is 0.462. The minimum Gasteiger partial charge on any atom is -0.481 e. The summed E-state index contributed by atoms with van der Waals surface area (Å²) in [5, 5.41) is 42.3. The van der Waals surface area contributed by atoms with E-state index in [1.54, 1.807) is 56.4 Å². The maximum absolute atomic E-state index is 13.9. The van der Waals surface area contributed by atoms with Crippen LogP contribution in [-0.4, -0.2) is 111 Å². The third-order valence-electron chi connectivity index (χ3n) is 9.10. The Morgan fingerprint density at radius 1 is 0.684 bits per heavy atom. The van der Waals surface area contributed by atoms with Crippen molar-refractivity contribution >= 4 is 52.4 Å². The predicted octanol–water partition coefficient (Wildman–Crippen LogP) is -0.569. The van der Waals surface area contributed by atoms with E-state index in [2.05, 4.69) is 31.6 Å². The van der Waals surface area contributed by atoms with E-state index < -0.39 is 90.8 Å². The molecule has 18 heteroatoms. The van der Waals surface area contributed by atoms with Crippen molar-refractivity contribution in [2.24, 2.45) is 17.4 Å². The van der Waals surface area contributed by atoms with Gasteiger partial charge in [-0.15, -0.1) is 0 Å². The fourth-order valence-electron chi connectivity index (χ4n) is 6.09. The van der Waals surface area contributed by atoms with E-state index in [4.69, 9.17) is 11.5 Å². The molecule has 1 heterocycles. The highest BCUT2D eigenvalue weighted by atomic mass is 16.4. The number of fused-ring (bicyclic) bond motifs is 1. The van der Waals surface area contributed by atoms with Crippen LogP contribution in [-0.2, 0) is 46.4 Å². The van der Waals surface area contributed by atoms with Crippen molar-refractivity contribution in [2.45, 2.75) is 95.0 Å². The summed E-state index contributed by atoms with van der Waals surface area (Å²) in [6.45, 7) is 2.94. The minimum absolute atomic E-state index is 0.0121. The summed E-state index contributed by atoms with van der Waals surface area (Å²) in [6, 6.07) is 7.64. The number of hydrogen-bond acceptors (Lipinski definition) is 10. The second-order valence-corrected chi connectivity index (χ2v) is 14.2. The van der Waals surface area contributed by atoms with Gasteiger partial charge in [0.05, 0.1) is 19.1 Å². The highest BCUT2D eigenvalue weighted by Crippen LogP contribution is 2.20. The molecule has 0 unspecified atom stereocenters. The molecule has 0 spiro atoms. The molecule has 0 saturated carbocycles. The summed E-state index contributed by atoms with van der Waals surface area (Å²) >= 11 is 0. The van der Waals surface area contributed by atoms with Crippen LogP contribution < -0.4 is 38.1 Å². The van der Waals surface area contributed by atoms with Crippen LogP contribution in [0.3, 0.4) is 0 Å². The summed E-state index contributed by atoms with van der Waals surface area (Å²) in [7, 11) is 0. The summed E-state index contributed by atoms with van der Waals surface area (Å²) < 4.78 is 0. The molecule has 0 saturated heterocycles. The van der Waals surface area contributed by atoms with Crippen molar-refractivity contribution in [1.29, 1.82) is 0 Å². The van der Waals surface area contributed by atoms with Gasteiger partial charge in [0.2, 0.25) is 29.5 Å². The van der Waals surface area contributed by atoms with Crippen LogP contribution in [0.2, 0.25) is 0 Å². The maximum atomic E-state index is 13.9. The van der Waals surface area contributed by atoms with Gasteiger partial charge in [0.15, 0.2) is 0 Å². The van der Waals surface area contributed by atoms with E-state index >= 15 is 0 Å². The molecule has 18 nitrogen and oxygen atoms in total. The van der Waals surface area contributed by atoms with Crippen LogP contribution in [0.25, 0.3) is 10.9 Å². The third-order valence-corrected chi connectivity index (χ3v) is 9.10. The molecule has 2 aromatic carbocycles. The number of H-pyrrole nitrogens is 1. The van der Waals surface area contributed by atoms with Crippen molar-refractivity contribution < 1.29 is 48.9 Å². The number of para-hydroxylation sites is 1. The van der Waals surface area contributed by atoms with Crippen LogP contribution in [0.15, 0.2) is 60.8 Å². The first-order chi connectivity index (χ1) is 27.1. The number of carboxylic acids is 2. The lowest BCUT2D eigenvalue weighted by Gasteiger charge is -2.27. The Morgan fingerprint density at radius 2 is 1.25 bits per heavy atom. The van der Waals surface area contributed by atoms with E-state index in [0.29, 0.717) is 24.9 Å². The first-order valence-electron chi connectivity index (χ1n) is 18.7. The Hall–Kier alpha value is -5.85. The molecule has 6 atom stereocenters. The smallest absolute Gasteiger partial charge is 0.326 e. The van der Waals surface area contributed by atoms with E-state index in [0.717, 1.165) is 16.5 Å². The number of nitrogens with one attached hydrogen (secondary N) is 6. The van der Waals surface area contributed by atoms with Gasteiger partial charge in [0.1, 0.15) is 30.2 Å². The molecule has 0 radical (unpaired) electrons. The Morgan fingerprint density at radius 3 is 1.88 bits per heavy atom. The molecule has 0 fully saturated rings. The highest BCUT2D eigenvalue weighted by molar-refractivity contribution is 5.98. The summed E-state index contributed by atoms with van der Waals surface area (Å²) in [5.41, 5.74) is 13.7.